The molecule has 34 heavy (non-hydrogen) atoms. The van der Waals surface area contributed by atoms with Gasteiger partial charge in [0, 0.05) is 24.7 Å². The molecule has 5 nitrogen and oxygen atoms in total. The summed E-state index contributed by atoms with van der Waals surface area (Å²) >= 11 is 0. The van der Waals surface area contributed by atoms with Crippen molar-refractivity contribution in [1.82, 2.24) is 15.2 Å². The number of nitrogens with zero attached hydrogens (tertiary/aromatic N) is 2. The molecule has 2 aromatic carbocycles. The smallest absolute Gasteiger partial charge is 0.253 e. The van der Waals surface area contributed by atoms with Gasteiger partial charge >= 0.3 is 0 Å². The molecule has 0 unspecified atom stereocenters. The first-order valence-corrected chi connectivity index (χ1v) is 11.9. The van der Waals surface area contributed by atoms with Crippen LogP contribution in [0.3, 0.4) is 0 Å². The standard InChI is InChI=1S/C28H32FN3O2/c1-20-10-11-25(28(33)30-15-12-22-7-3-4-9-26(22)34-2)27(31-20)23-13-16-32(17-14-23)19-21-6-5-8-24(29)18-21/h3-11,18,23H,12-17,19H2,1-2H3,(H,30,33). The summed E-state index contributed by atoms with van der Waals surface area (Å²) in [6, 6.07) is 18.5. The third kappa shape index (κ3) is 6.00. The Morgan fingerprint density at radius 2 is 1.91 bits per heavy atom. The quantitative estimate of drug-likeness (QED) is 0.519. The fourth-order valence-electron chi connectivity index (χ4n) is 4.65. The van der Waals surface area contributed by atoms with Gasteiger partial charge in [-0.2, -0.15) is 0 Å². The topological polar surface area (TPSA) is 54.5 Å². The van der Waals surface area contributed by atoms with E-state index in [9.17, 15) is 9.18 Å². The molecule has 0 aliphatic carbocycles. The zero-order valence-corrected chi connectivity index (χ0v) is 19.9. The SMILES string of the molecule is COc1ccccc1CCNC(=O)c1ccc(C)nc1C1CCN(Cc2cccc(F)c2)CC1. The summed E-state index contributed by atoms with van der Waals surface area (Å²) in [7, 11) is 1.66. The third-order valence-electron chi connectivity index (χ3n) is 6.45. The van der Waals surface area contributed by atoms with E-state index < -0.39 is 0 Å². The summed E-state index contributed by atoms with van der Waals surface area (Å²) in [5, 5.41) is 3.06. The van der Waals surface area contributed by atoms with E-state index in [0.717, 1.165) is 60.7 Å². The van der Waals surface area contributed by atoms with Gasteiger partial charge in [0.1, 0.15) is 11.6 Å². The highest BCUT2D eigenvalue weighted by molar-refractivity contribution is 5.95. The van der Waals surface area contributed by atoms with E-state index in [1.54, 1.807) is 19.2 Å². The van der Waals surface area contributed by atoms with E-state index in [-0.39, 0.29) is 17.6 Å². The number of amides is 1. The monoisotopic (exact) mass is 461 g/mol. The van der Waals surface area contributed by atoms with Gasteiger partial charge in [0.2, 0.25) is 0 Å². The number of hydrogen-bond donors (Lipinski definition) is 1. The Bertz CT molecular complexity index is 1130. The van der Waals surface area contributed by atoms with Crippen LogP contribution >= 0.6 is 0 Å². The van der Waals surface area contributed by atoms with Gasteiger partial charge in [-0.15, -0.1) is 0 Å². The number of hydrogen-bond acceptors (Lipinski definition) is 4. The van der Waals surface area contributed by atoms with E-state index in [2.05, 4.69) is 10.2 Å². The van der Waals surface area contributed by atoms with Gasteiger partial charge in [0.15, 0.2) is 0 Å². The predicted octanol–water partition coefficient (Wildman–Crippen LogP) is 4.89. The largest absolute Gasteiger partial charge is 0.496 e. The summed E-state index contributed by atoms with van der Waals surface area (Å²) in [5.41, 5.74) is 4.53. The number of aryl methyl sites for hydroxylation is 1. The number of pyridine rings is 1. The number of para-hydroxylation sites is 1. The number of carbonyl (C=O) groups excluding carboxylic acids is 1. The maximum atomic E-state index is 13.5. The zero-order chi connectivity index (χ0) is 23.9. The van der Waals surface area contributed by atoms with Crippen LogP contribution in [-0.4, -0.2) is 42.5 Å². The predicted molar refractivity (Wildman–Crippen MR) is 132 cm³/mol. The van der Waals surface area contributed by atoms with Crippen LogP contribution in [0.5, 0.6) is 5.75 Å². The molecule has 1 saturated heterocycles. The van der Waals surface area contributed by atoms with Crippen LogP contribution in [-0.2, 0) is 13.0 Å². The van der Waals surface area contributed by atoms with Gasteiger partial charge < -0.3 is 10.1 Å². The van der Waals surface area contributed by atoms with Crippen LogP contribution in [0.2, 0.25) is 0 Å². The Morgan fingerprint density at radius 3 is 2.68 bits per heavy atom. The number of piperidine rings is 1. The molecule has 0 atom stereocenters. The van der Waals surface area contributed by atoms with E-state index in [1.165, 1.54) is 6.07 Å². The molecule has 178 valence electrons. The number of methoxy groups -OCH3 is 1. The molecule has 3 aromatic rings. The second-order valence-corrected chi connectivity index (χ2v) is 8.88. The maximum absolute atomic E-state index is 13.5. The Balaban J connectivity index is 1.37. The third-order valence-corrected chi connectivity index (χ3v) is 6.45. The van der Waals surface area contributed by atoms with Crippen molar-refractivity contribution < 1.29 is 13.9 Å². The average molecular weight is 462 g/mol. The highest BCUT2D eigenvalue weighted by Gasteiger charge is 2.26. The lowest BCUT2D eigenvalue weighted by Crippen LogP contribution is -2.34. The number of rotatable bonds is 8. The summed E-state index contributed by atoms with van der Waals surface area (Å²) in [6.45, 7) is 5.02. The molecule has 1 amide bonds. The minimum atomic E-state index is -0.197. The molecule has 6 heteroatoms. The normalized spacial score (nSPS) is 14.7. The van der Waals surface area contributed by atoms with Crippen LogP contribution in [0.1, 0.15) is 51.6 Å². The molecule has 1 aliphatic heterocycles. The fourth-order valence-corrected chi connectivity index (χ4v) is 4.65. The van der Waals surface area contributed by atoms with Crippen molar-refractivity contribution in [3.8, 4) is 5.75 Å². The van der Waals surface area contributed by atoms with E-state index in [1.807, 2.05) is 49.4 Å². The van der Waals surface area contributed by atoms with Crippen molar-refractivity contribution in [1.29, 1.82) is 0 Å². The van der Waals surface area contributed by atoms with Crippen molar-refractivity contribution >= 4 is 5.91 Å². The molecule has 1 aliphatic rings. The number of aromatic nitrogens is 1. The summed E-state index contributed by atoms with van der Waals surface area (Å²) in [4.78, 5) is 20.2. The molecular weight excluding hydrogens is 429 g/mol. The van der Waals surface area contributed by atoms with Crippen LogP contribution in [0.4, 0.5) is 4.39 Å². The number of benzene rings is 2. The van der Waals surface area contributed by atoms with Crippen molar-refractivity contribution in [2.24, 2.45) is 0 Å². The number of nitrogens with one attached hydrogen (secondary N) is 1. The van der Waals surface area contributed by atoms with Crippen LogP contribution in [0.15, 0.2) is 60.7 Å². The number of carbonyl (C=O) groups is 1. The molecule has 0 radical (unpaired) electrons. The second-order valence-electron chi connectivity index (χ2n) is 8.88. The highest BCUT2D eigenvalue weighted by Crippen LogP contribution is 2.30. The lowest BCUT2D eigenvalue weighted by Gasteiger charge is -2.32. The Hall–Kier alpha value is -3.25. The van der Waals surface area contributed by atoms with Crippen LogP contribution in [0.25, 0.3) is 0 Å². The molecule has 4 rings (SSSR count). The van der Waals surface area contributed by atoms with E-state index >= 15 is 0 Å². The lowest BCUT2D eigenvalue weighted by molar-refractivity contribution is 0.0951. The Morgan fingerprint density at radius 1 is 1.12 bits per heavy atom. The van der Waals surface area contributed by atoms with Crippen molar-refractivity contribution in [3.63, 3.8) is 0 Å². The van der Waals surface area contributed by atoms with Gasteiger partial charge in [-0.3, -0.25) is 14.7 Å². The Labute approximate surface area is 201 Å². The second kappa shape index (κ2) is 11.3. The molecule has 0 bridgehead atoms. The molecule has 0 spiro atoms. The number of likely N-dealkylation sites (tertiary alicyclic amines) is 1. The summed E-state index contributed by atoms with van der Waals surface area (Å²) in [5.74, 6) is 0.787. The summed E-state index contributed by atoms with van der Waals surface area (Å²) < 4.78 is 18.9. The van der Waals surface area contributed by atoms with Gasteiger partial charge in [-0.05, 0) is 80.7 Å². The van der Waals surface area contributed by atoms with E-state index in [0.29, 0.717) is 18.5 Å². The zero-order valence-electron chi connectivity index (χ0n) is 19.9. The van der Waals surface area contributed by atoms with Crippen molar-refractivity contribution in [3.05, 3.63) is 94.6 Å². The molecule has 1 fully saturated rings. The van der Waals surface area contributed by atoms with E-state index in [4.69, 9.17) is 9.72 Å². The first kappa shape index (κ1) is 23.9. The summed E-state index contributed by atoms with van der Waals surface area (Å²) in [6.07, 6.45) is 2.55. The van der Waals surface area contributed by atoms with Crippen LogP contribution < -0.4 is 10.1 Å². The first-order chi connectivity index (χ1) is 16.5. The Kier molecular flexibility index (Phi) is 7.91. The van der Waals surface area contributed by atoms with Gasteiger partial charge in [0.25, 0.3) is 5.91 Å². The minimum absolute atomic E-state index is 0.0837. The van der Waals surface area contributed by atoms with Crippen LogP contribution in [0, 0.1) is 12.7 Å². The molecule has 0 saturated carbocycles. The molecular formula is C28H32FN3O2. The molecule has 2 heterocycles. The fraction of sp³-hybridized carbons (Fsp3) is 0.357. The van der Waals surface area contributed by atoms with Gasteiger partial charge in [0.05, 0.1) is 18.4 Å². The van der Waals surface area contributed by atoms with Gasteiger partial charge in [-0.1, -0.05) is 30.3 Å². The molecule has 1 aromatic heterocycles. The lowest BCUT2D eigenvalue weighted by atomic mass is 9.89. The minimum Gasteiger partial charge on any atom is -0.496 e. The van der Waals surface area contributed by atoms with Crippen molar-refractivity contribution in [2.45, 2.75) is 38.6 Å². The maximum Gasteiger partial charge on any atom is 0.253 e. The van der Waals surface area contributed by atoms with Gasteiger partial charge in [-0.25, -0.2) is 4.39 Å². The first-order valence-electron chi connectivity index (χ1n) is 11.9. The average Bonchev–Trinajstić information content (AvgIpc) is 2.85. The highest BCUT2D eigenvalue weighted by atomic mass is 19.1. The molecule has 1 N–H and O–H groups in total. The van der Waals surface area contributed by atoms with Crippen molar-refractivity contribution in [2.75, 3.05) is 26.7 Å². The number of ether oxygens (including phenoxy) is 1. The number of halogens is 1.